The number of aromatic nitrogens is 4. The summed E-state index contributed by atoms with van der Waals surface area (Å²) in [5.74, 6) is -0.580. The fourth-order valence-corrected chi connectivity index (χ4v) is 5.11. The monoisotopic (exact) mass is 603 g/mol. The van der Waals surface area contributed by atoms with Crippen LogP contribution in [0, 0.1) is 22.6 Å². The van der Waals surface area contributed by atoms with E-state index in [0.717, 1.165) is 24.0 Å². The zero-order valence-electron chi connectivity index (χ0n) is 26.6. The molecule has 0 unspecified atom stereocenters. The number of benzene rings is 3. The van der Waals surface area contributed by atoms with Crippen molar-refractivity contribution in [1.82, 2.24) is 20.0 Å². The van der Waals surface area contributed by atoms with Crippen molar-refractivity contribution in [2.24, 2.45) is 5.41 Å². The van der Waals surface area contributed by atoms with E-state index >= 15 is 0 Å². The van der Waals surface area contributed by atoms with Crippen molar-refractivity contribution in [1.29, 1.82) is 5.26 Å². The normalized spacial score (nSPS) is 14.7. The van der Waals surface area contributed by atoms with Crippen molar-refractivity contribution in [2.75, 3.05) is 22.5 Å². The van der Waals surface area contributed by atoms with Crippen LogP contribution in [0.15, 0.2) is 73.1 Å². The second-order valence-corrected chi connectivity index (χ2v) is 12.6. The molecule has 1 fully saturated rings. The van der Waals surface area contributed by atoms with Gasteiger partial charge in [0.2, 0.25) is 5.91 Å². The Balaban J connectivity index is 1.54. The number of anilines is 3. The van der Waals surface area contributed by atoms with Gasteiger partial charge in [-0.15, -0.1) is 5.10 Å². The molecule has 45 heavy (non-hydrogen) atoms. The largest absolute Gasteiger partial charge is 0.383 e. The first-order valence-corrected chi connectivity index (χ1v) is 14.9. The first-order chi connectivity index (χ1) is 21.9. The Kier molecular flexibility index (Phi) is 7.59. The highest BCUT2D eigenvalue weighted by molar-refractivity contribution is 6.04. The number of carbonyl (C=O) groups is 1. The van der Waals surface area contributed by atoms with E-state index in [1.807, 2.05) is 36.4 Å². The lowest BCUT2D eigenvalue weighted by Crippen LogP contribution is -2.20. The Morgan fingerprint density at radius 1 is 1.13 bits per heavy atom. The molecule has 0 radical (unpaired) electrons. The Hall–Kier alpha value is -5.30. The summed E-state index contributed by atoms with van der Waals surface area (Å²) in [7, 11) is 0. The summed E-state index contributed by atoms with van der Waals surface area (Å²) in [5, 5.41) is 29.1. The first-order valence-electron chi connectivity index (χ1n) is 15.4. The Morgan fingerprint density at radius 3 is 2.51 bits per heavy atom. The minimum atomic E-state index is -1.64. The number of amides is 1. The zero-order chi connectivity index (χ0) is 32.6. The van der Waals surface area contributed by atoms with E-state index in [2.05, 4.69) is 53.1 Å². The van der Waals surface area contributed by atoms with Gasteiger partial charge in [0.1, 0.15) is 17.6 Å². The Bertz CT molecular complexity index is 1960. The maximum atomic E-state index is 14.0. The van der Waals surface area contributed by atoms with Crippen LogP contribution in [0.4, 0.5) is 21.5 Å². The molecule has 0 bridgehead atoms. The van der Waals surface area contributed by atoms with E-state index < -0.39 is 11.8 Å². The van der Waals surface area contributed by atoms with Crippen LogP contribution < -0.4 is 16.0 Å². The minimum absolute atomic E-state index is 0.0765. The molecule has 10 heteroatoms. The Labute approximate surface area is 262 Å². The van der Waals surface area contributed by atoms with Crippen LogP contribution >= 0.6 is 0 Å². The van der Waals surface area contributed by atoms with E-state index in [1.54, 1.807) is 29.2 Å². The minimum Gasteiger partial charge on any atom is -0.383 e. The fourth-order valence-electron chi connectivity index (χ4n) is 5.11. The molecular weight excluding hydrogens is 567 g/mol. The number of hydrogen-bond donors (Lipinski definition) is 3. The number of nitrogens with zero attached hydrogens (tertiary/aromatic N) is 5. The van der Waals surface area contributed by atoms with Gasteiger partial charge in [-0.25, -0.2) is 9.07 Å². The molecule has 1 saturated carbocycles. The van der Waals surface area contributed by atoms with Gasteiger partial charge in [0.05, 0.1) is 36.4 Å². The Morgan fingerprint density at radius 2 is 1.87 bits per heavy atom. The van der Waals surface area contributed by atoms with Crippen LogP contribution in [-0.4, -0.2) is 32.4 Å². The lowest BCUT2D eigenvalue weighted by atomic mass is 9.95. The third kappa shape index (κ3) is 6.78. The van der Waals surface area contributed by atoms with Crippen molar-refractivity contribution in [2.45, 2.75) is 52.6 Å². The number of nitrogens with one attached hydrogen (secondary N) is 3. The topological polar surface area (TPSA) is 121 Å². The molecule has 6 rings (SSSR count). The number of fused-ring (bicyclic) bond motifs is 1. The summed E-state index contributed by atoms with van der Waals surface area (Å²) >= 11 is 0. The van der Waals surface area contributed by atoms with Gasteiger partial charge < -0.3 is 16.0 Å². The summed E-state index contributed by atoms with van der Waals surface area (Å²) in [6.07, 6.45) is 5.35. The van der Waals surface area contributed by atoms with Crippen LogP contribution in [0.1, 0.15) is 70.8 Å². The van der Waals surface area contributed by atoms with Crippen LogP contribution in [0.25, 0.3) is 22.0 Å². The molecule has 1 amide bonds. The molecule has 0 saturated heterocycles. The van der Waals surface area contributed by atoms with Gasteiger partial charge in [-0.05, 0) is 65.8 Å². The second-order valence-electron chi connectivity index (χ2n) is 12.6. The van der Waals surface area contributed by atoms with Gasteiger partial charge in [-0.3, -0.25) is 9.78 Å². The van der Waals surface area contributed by atoms with Gasteiger partial charge in [-0.2, -0.15) is 5.26 Å². The molecule has 0 aliphatic heterocycles. The molecule has 5 aromatic rings. The second kappa shape index (κ2) is 12.0. The van der Waals surface area contributed by atoms with Gasteiger partial charge in [0.15, 0.2) is 0 Å². The summed E-state index contributed by atoms with van der Waals surface area (Å²) in [6, 6.07) is 17.9. The summed E-state index contributed by atoms with van der Waals surface area (Å²) in [5.41, 5.74) is 5.24. The average molecular weight is 604 g/mol. The van der Waals surface area contributed by atoms with Crippen molar-refractivity contribution in [3.05, 3.63) is 95.7 Å². The zero-order valence-corrected chi connectivity index (χ0v) is 25.6. The van der Waals surface area contributed by atoms with Gasteiger partial charge in [-0.1, -0.05) is 50.3 Å². The van der Waals surface area contributed by atoms with Crippen molar-refractivity contribution < 1.29 is 10.6 Å². The van der Waals surface area contributed by atoms with Gasteiger partial charge >= 0.3 is 0 Å². The molecule has 2 heterocycles. The third-order valence-corrected chi connectivity index (χ3v) is 7.49. The molecule has 0 spiro atoms. The van der Waals surface area contributed by atoms with Gasteiger partial charge in [0, 0.05) is 42.0 Å². The molecular formula is C35H35FN8O. The quantitative estimate of drug-likeness (QED) is 0.160. The van der Waals surface area contributed by atoms with Gasteiger partial charge in [0.25, 0.3) is 0 Å². The van der Waals surface area contributed by atoms with Crippen LogP contribution in [0.5, 0.6) is 0 Å². The SMILES string of the molecule is [2H][C@@](Nc1cc(-c2ccc(NC(C)=O)cc2)c2ncc(C#N)c(NCC(C)(C)C)c2c1)(c1ccc(F)cc1)c1cn(C2CC2)nn1. The van der Waals surface area contributed by atoms with E-state index in [-0.39, 0.29) is 17.4 Å². The summed E-state index contributed by atoms with van der Waals surface area (Å²) in [6.45, 7) is 8.38. The van der Waals surface area contributed by atoms with Crippen LogP contribution in [0.2, 0.25) is 0 Å². The molecule has 1 aliphatic rings. The predicted octanol–water partition coefficient (Wildman–Crippen LogP) is 7.46. The van der Waals surface area contributed by atoms with E-state index in [4.69, 9.17) is 4.98 Å². The number of hydrogen-bond acceptors (Lipinski definition) is 7. The number of rotatable bonds is 9. The average Bonchev–Trinajstić information content (AvgIpc) is 3.74. The van der Waals surface area contributed by atoms with E-state index in [9.17, 15) is 15.8 Å². The van der Waals surface area contributed by atoms with Crippen molar-refractivity contribution >= 4 is 33.9 Å². The van der Waals surface area contributed by atoms with E-state index in [1.165, 1.54) is 19.1 Å². The highest BCUT2D eigenvalue weighted by Gasteiger charge is 2.27. The summed E-state index contributed by atoms with van der Waals surface area (Å²) < 4.78 is 25.6. The van der Waals surface area contributed by atoms with Crippen LogP contribution in [-0.2, 0) is 4.79 Å². The highest BCUT2D eigenvalue weighted by Crippen LogP contribution is 2.39. The van der Waals surface area contributed by atoms with Crippen molar-refractivity contribution in [3.63, 3.8) is 0 Å². The summed E-state index contributed by atoms with van der Waals surface area (Å²) in [4.78, 5) is 16.4. The molecule has 3 aromatic carbocycles. The maximum Gasteiger partial charge on any atom is 0.221 e. The molecule has 1 atom stereocenters. The molecule has 3 N–H and O–H groups in total. The lowest BCUT2D eigenvalue weighted by Gasteiger charge is -2.23. The maximum absolute atomic E-state index is 14.0. The molecule has 1 aliphatic carbocycles. The number of nitriles is 1. The van der Waals surface area contributed by atoms with Crippen LogP contribution in [0.3, 0.4) is 0 Å². The molecule has 9 nitrogen and oxygen atoms in total. The van der Waals surface area contributed by atoms with Crippen molar-refractivity contribution in [3.8, 4) is 17.2 Å². The lowest BCUT2D eigenvalue weighted by molar-refractivity contribution is -0.114. The molecule has 228 valence electrons. The van der Waals surface area contributed by atoms with E-state index in [0.29, 0.717) is 51.3 Å². The third-order valence-electron chi connectivity index (χ3n) is 7.49. The smallest absolute Gasteiger partial charge is 0.221 e. The standard InChI is InChI=1S/C35H35FN8O/c1-21(45)40-26-11-7-22(8-12-26)29-15-27(16-30-32(39-20-35(2,3)4)24(17-37)18-38-34(29)30)41-33(23-5-9-25(36)10-6-23)31-19-44(43-42-31)28-13-14-28/h5-12,15-16,18-19,28,33,41H,13-14,20H2,1-4H3,(H,38,39)(H,40,45)/t33-/m1/s1/i33D. The highest BCUT2D eigenvalue weighted by atomic mass is 19.1. The predicted molar refractivity (Wildman–Crippen MR) is 174 cm³/mol. The fraction of sp³-hybridized carbons (Fsp3) is 0.286. The number of halogens is 1. The first kappa shape index (κ1) is 28.5. The molecule has 2 aromatic heterocycles. The number of pyridine rings is 1. The number of carbonyl (C=O) groups excluding carboxylic acids is 1.